The van der Waals surface area contributed by atoms with E-state index in [-0.39, 0.29) is 10.8 Å². The molecule has 2 aromatic carbocycles. The van der Waals surface area contributed by atoms with Crippen LogP contribution in [-0.4, -0.2) is 27.3 Å². The van der Waals surface area contributed by atoms with Gasteiger partial charge in [0.15, 0.2) is 0 Å². The normalized spacial score (nSPS) is 11.2. The smallest absolute Gasteiger partial charge is 0.264 e. The number of anilines is 1. The summed E-state index contributed by atoms with van der Waals surface area (Å²) in [6, 6.07) is 13.3. The van der Waals surface area contributed by atoms with Crippen LogP contribution in [0.1, 0.15) is 6.92 Å². The first-order chi connectivity index (χ1) is 12.5. The molecule has 0 saturated heterocycles. The van der Waals surface area contributed by atoms with Crippen molar-refractivity contribution in [2.45, 2.75) is 11.8 Å². The molecule has 0 saturated carbocycles. The Morgan fingerprint density at radius 1 is 1.04 bits per heavy atom. The zero-order chi connectivity index (χ0) is 18.6. The molecule has 0 aliphatic rings. The highest BCUT2D eigenvalue weighted by atomic mass is 32.2. The van der Waals surface area contributed by atoms with Gasteiger partial charge in [0, 0.05) is 0 Å². The van der Waals surface area contributed by atoms with Crippen LogP contribution < -0.4 is 14.2 Å². The molecule has 1 heterocycles. The number of benzene rings is 2. The Morgan fingerprint density at radius 3 is 2.31 bits per heavy atom. The number of aromatic nitrogens is 1. The Labute approximate surface area is 151 Å². The standard InChI is InChI=1S/C18H18N2O5S/c1-3-24-15-8-10-16(11-9-15)26(21,22)20-18-17(12-19-25-18)13-4-6-14(23-2)7-5-13/h4-12,20H,3H2,1-2H3. The van der Waals surface area contributed by atoms with Crippen molar-refractivity contribution >= 4 is 15.9 Å². The number of ether oxygens (including phenoxy) is 2. The molecule has 0 unspecified atom stereocenters. The number of nitrogens with zero attached hydrogens (tertiary/aromatic N) is 1. The second-order valence-electron chi connectivity index (χ2n) is 5.31. The minimum Gasteiger partial charge on any atom is -0.497 e. The monoisotopic (exact) mass is 374 g/mol. The number of nitrogens with one attached hydrogen (secondary N) is 1. The summed E-state index contributed by atoms with van der Waals surface area (Å²) in [5.74, 6) is 1.34. The Hall–Kier alpha value is -3.00. The molecule has 136 valence electrons. The maximum Gasteiger partial charge on any atom is 0.264 e. The van der Waals surface area contributed by atoms with Crippen molar-refractivity contribution in [1.82, 2.24) is 5.16 Å². The third-order valence-corrected chi connectivity index (χ3v) is 4.99. The maximum absolute atomic E-state index is 12.6. The van der Waals surface area contributed by atoms with Gasteiger partial charge in [0.05, 0.1) is 30.4 Å². The average molecular weight is 374 g/mol. The van der Waals surface area contributed by atoms with Crippen molar-refractivity contribution in [1.29, 1.82) is 0 Å². The van der Waals surface area contributed by atoms with Gasteiger partial charge in [0.25, 0.3) is 10.0 Å². The number of methoxy groups -OCH3 is 1. The van der Waals surface area contributed by atoms with E-state index in [0.29, 0.717) is 23.7 Å². The van der Waals surface area contributed by atoms with Crippen molar-refractivity contribution in [3.05, 3.63) is 54.7 Å². The molecule has 8 heteroatoms. The van der Waals surface area contributed by atoms with Crippen molar-refractivity contribution in [2.24, 2.45) is 0 Å². The van der Waals surface area contributed by atoms with Gasteiger partial charge in [-0.25, -0.2) is 13.1 Å². The Bertz CT molecular complexity index is 964. The molecule has 0 bridgehead atoms. The Kier molecular flexibility index (Phi) is 5.13. The quantitative estimate of drug-likeness (QED) is 0.680. The van der Waals surface area contributed by atoms with Gasteiger partial charge in [-0.05, 0) is 48.9 Å². The van der Waals surface area contributed by atoms with Crippen LogP contribution >= 0.6 is 0 Å². The van der Waals surface area contributed by atoms with Gasteiger partial charge in [-0.3, -0.25) is 0 Å². The van der Waals surface area contributed by atoms with Crippen LogP contribution in [0.25, 0.3) is 11.1 Å². The molecular formula is C18H18N2O5S. The summed E-state index contributed by atoms with van der Waals surface area (Å²) in [7, 11) is -2.25. The molecule has 26 heavy (non-hydrogen) atoms. The highest BCUT2D eigenvalue weighted by Gasteiger charge is 2.20. The van der Waals surface area contributed by atoms with Crippen LogP contribution in [0.5, 0.6) is 11.5 Å². The van der Waals surface area contributed by atoms with E-state index in [0.717, 1.165) is 5.56 Å². The van der Waals surface area contributed by atoms with Gasteiger partial charge in [-0.2, -0.15) is 0 Å². The van der Waals surface area contributed by atoms with Gasteiger partial charge in [0.1, 0.15) is 11.5 Å². The summed E-state index contributed by atoms with van der Waals surface area (Å²) in [6.07, 6.45) is 1.46. The predicted octanol–water partition coefficient (Wildman–Crippen LogP) is 3.55. The van der Waals surface area contributed by atoms with Gasteiger partial charge >= 0.3 is 0 Å². The van der Waals surface area contributed by atoms with Gasteiger partial charge in [-0.15, -0.1) is 0 Å². The third-order valence-electron chi connectivity index (χ3n) is 3.64. The number of sulfonamides is 1. The zero-order valence-corrected chi connectivity index (χ0v) is 15.1. The van der Waals surface area contributed by atoms with Crippen LogP contribution in [0.15, 0.2) is 64.1 Å². The molecule has 0 fully saturated rings. The second-order valence-corrected chi connectivity index (χ2v) is 6.99. The lowest BCUT2D eigenvalue weighted by Crippen LogP contribution is -2.13. The Morgan fingerprint density at radius 2 is 1.69 bits per heavy atom. The van der Waals surface area contributed by atoms with Crippen molar-refractivity contribution in [3.63, 3.8) is 0 Å². The minimum atomic E-state index is -3.82. The van der Waals surface area contributed by atoms with Gasteiger partial charge in [0.2, 0.25) is 5.88 Å². The third kappa shape index (κ3) is 3.80. The molecular weight excluding hydrogens is 356 g/mol. The van der Waals surface area contributed by atoms with Crippen LogP contribution in [-0.2, 0) is 10.0 Å². The predicted molar refractivity (Wildman–Crippen MR) is 96.9 cm³/mol. The molecule has 0 amide bonds. The summed E-state index contributed by atoms with van der Waals surface area (Å²) in [5.41, 5.74) is 1.28. The SMILES string of the molecule is CCOc1ccc(S(=O)(=O)Nc2oncc2-c2ccc(OC)cc2)cc1. The number of hydrogen-bond donors (Lipinski definition) is 1. The summed E-state index contributed by atoms with van der Waals surface area (Å²) in [5, 5.41) is 3.70. The fraction of sp³-hybridized carbons (Fsp3) is 0.167. The number of hydrogen-bond acceptors (Lipinski definition) is 6. The number of rotatable bonds is 7. The van der Waals surface area contributed by atoms with Crippen molar-refractivity contribution in [3.8, 4) is 22.6 Å². The van der Waals surface area contributed by atoms with E-state index in [4.69, 9.17) is 14.0 Å². The lowest BCUT2D eigenvalue weighted by molar-refractivity contribution is 0.340. The van der Waals surface area contributed by atoms with E-state index in [1.807, 2.05) is 6.92 Å². The molecule has 0 aliphatic heterocycles. The molecule has 1 aromatic heterocycles. The minimum absolute atomic E-state index is 0.0454. The highest BCUT2D eigenvalue weighted by molar-refractivity contribution is 7.92. The highest BCUT2D eigenvalue weighted by Crippen LogP contribution is 2.31. The lowest BCUT2D eigenvalue weighted by atomic mass is 10.1. The van der Waals surface area contributed by atoms with E-state index in [2.05, 4.69) is 9.88 Å². The van der Waals surface area contributed by atoms with E-state index in [1.54, 1.807) is 43.5 Å². The molecule has 3 aromatic rings. The molecule has 7 nitrogen and oxygen atoms in total. The molecule has 0 aliphatic carbocycles. The van der Waals surface area contributed by atoms with E-state index in [9.17, 15) is 8.42 Å². The molecule has 0 atom stereocenters. The summed E-state index contributed by atoms with van der Waals surface area (Å²) < 4.78 is 43.2. The lowest BCUT2D eigenvalue weighted by Gasteiger charge is -2.08. The summed E-state index contributed by atoms with van der Waals surface area (Å²) in [6.45, 7) is 2.37. The van der Waals surface area contributed by atoms with Crippen LogP contribution in [0.4, 0.5) is 5.88 Å². The summed E-state index contributed by atoms with van der Waals surface area (Å²) >= 11 is 0. The van der Waals surface area contributed by atoms with Gasteiger partial charge < -0.3 is 14.0 Å². The van der Waals surface area contributed by atoms with Crippen LogP contribution in [0.2, 0.25) is 0 Å². The molecule has 0 radical (unpaired) electrons. The van der Waals surface area contributed by atoms with Crippen molar-refractivity contribution < 1.29 is 22.4 Å². The van der Waals surface area contributed by atoms with Crippen molar-refractivity contribution in [2.75, 3.05) is 18.4 Å². The Balaban J connectivity index is 1.85. The maximum atomic E-state index is 12.6. The summed E-state index contributed by atoms with van der Waals surface area (Å²) in [4.78, 5) is 0.0954. The van der Waals surface area contributed by atoms with E-state index < -0.39 is 10.0 Å². The van der Waals surface area contributed by atoms with Crippen LogP contribution in [0.3, 0.4) is 0 Å². The zero-order valence-electron chi connectivity index (χ0n) is 14.3. The topological polar surface area (TPSA) is 90.7 Å². The molecule has 0 spiro atoms. The first-order valence-corrected chi connectivity index (χ1v) is 9.36. The van der Waals surface area contributed by atoms with Gasteiger partial charge in [-0.1, -0.05) is 17.3 Å². The fourth-order valence-corrected chi connectivity index (χ4v) is 3.36. The fourth-order valence-electron chi connectivity index (χ4n) is 2.35. The van der Waals surface area contributed by atoms with E-state index in [1.165, 1.54) is 18.3 Å². The second kappa shape index (κ2) is 7.49. The first-order valence-electron chi connectivity index (χ1n) is 7.88. The van der Waals surface area contributed by atoms with Crippen LogP contribution in [0, 0.1) is 0 Å². The van der Waals surface area contributed by atoms with E-state index >= 15 is 0 Å². The largest absolute Gasteiger partial charge is 0.497 e. The molecule has 1 N–H and O–H groups in total. The average Bonchev–Trinajstić information content (AvgIpc) is 3.10. The molecule has 3 rings (SSSR count). The first kappa shape index (κ1) is 17.8.